The van der Waals surface area contributed by atoms with Crippen LogP contribution in [0.5, 0.6) is 0 Å². The van der Waals surface area contributed by atoms with Gasteiger partial charge in [-0.2, -0.15) is 0 Å². The third-order valence-corrected chi connectivity index (χ3v) is 4.39. The van der Waals surface area contributed by atoms with Gasteiger partial charge in [-0.15, -0.1) is 0 Å². The Labute approximate surface area is 139 Å². The van der Waals surface area contributed by atoms with Crippen molar-refractivity contribution in [3.05, 3.63) is 35.9 Å². The highest BCUT2D eigenvalue weighted by molar-refractivity contribution is 5.80. The number of hydrogen-bond acceptors (Lipinski definition) is 3. The van der Waals surface area contributed by atoms with E-state index in [1.54, 1.807) is 6.92 Å². The molecule has 0 aliphatic heterocycles. The molecule has 4 nitrogen and oxygen atoms in total. The molecule has 1 fully saturated rings. The van der Waals surface area contributed by atoms with Crippen LogP contribution in [0.15, 0.2) is 30.3 Å². The van der Waals surface area contributed by atoms with Crippen molar-refractivity contribution in [3.8, 4) is 0 Å². The molecule has 0 radical (unpaired) electrons. The van der Waals surface area contributed by atoms with Crippen LogP contribution in [0, 0.1) is 0 Å². The van der Waals surface area contributed by atoms with Gasteiger partial charge in [-0.1, -0.05) is 56.0 Å². The van der Waals surface area contributed by atoms with Gasteiger partial charge in [0.1, 0.15) is 6.10 Å². The number of hydrogen-bond donors (Lipinski definition) is 2. The Morgan fingerprint density at radius 1 is 1.22 bits per heavy atom. The first kappa shape index (κ1) is 18.0. The van der Waals surface area contributed by atoms with Crippen LogP contribution in [0.3, 0.4) is 0 Å². The molecule has 4 heteroatoms. The molecule has 1 aliphatic carbocycles. The van der Waals surface area contributed by atoms with Crippen molar-refractivity contribution < 1.29 is 14.6 Å². The molecule has 2 rings (SSSR count). The van der Waals surface area contributed by atoms with Crippen LogP contribution >= 0.6 is 0 Å². The van der Waals surface area contributed by atoms with Gasteiger partial charge in [0.15, 0.2) is 0 Å². The van der Waals surface area contributed by atoms with Gasteiger partial charge in [-0.05, 0) is 25.3 Å². The van der Waals surface area contributed by atoms with Crippen LogP contribution in [0.1, 0.15) is 51.0 Å². The molecule has 1 amide bonds. The van der Waals surface area contributed by atoms with Crippen LogP contribution in [0.2, 0.25) is 0 Å². The van der Waals surface area contributed by atoms with Crippen molar-refractivity contribution in [2.75, 3.05) is 6.54 Å². The zero-order valence-corrected chi connectivity index (χ0v) is 14.0. The second-order valence-electron chi connectivity index (χ2n) is 6.48. The number of aliphatic hydroxyl groups is 1. The van der Waals surface area contributed by atoms with Gasteiger partial charge in [-0.25, -0.2) is 0 Å². The molecule has 0 aromatic heterocycles. The standard InChI is InChI=1S/C19H29NO3/c1-15(23-18-11-7-2-3-8-12-18)19(22)20-14-17(21)13-16-9-5-4-6-10-16/h4-6,9-10,15,17-18,21H,2-3,7-8,11-14H2,1H3,(H,20,22). The molecule has 2 atom stereocenters. The average molecular weight is 319 g/mol. The molecule has 128 valence electrons. The lowest BCUT2D eigenvalue weighted by molar-refractivity contribution is -0.136. The normalized spacial score (nSPS) is 18.9. The summed E-state index contributed by atoms with van der Waals surface area (Å²) in [6.45, 7) is 2.05. The number of nitrogens with one attached hydrogen (secondary N) is 1. The van der Waals surface area contributed by atoms with Gasteiger partial charge in [-0.3, -0.25) is 4.79 Å². The van der Waals surface area contributed by atoms with Crippen molar-refractivity contribution >= 4 is 5.91 Å². The van der Waals surface area contributed by atoms with Gasteiger partial charge in [0.05, 0.1) is 12.2 Å². The summed E-state index contributed by atoms with van der Waals surface area (Å²) in [7, 11) is 0. The number of benzene rings is 1. The van der Waals surface area contributed by atoms with Crippen molar-refractivity contribution in [2.24, 2.45) is 0 Å². The van der Waals surface area contributed by atoms with E-state index in [0.29, 0.717) is 6.42 Å². The van der Waals surface area contributed by atoms with E-state index in [1.807, 2.05) is 30.3 Å². The van der Waals surface area contributed by atoms with Crippen molar-refractivity contribution in [1.82, 2.24) is 5.32 Å². The van der Waals surface area contributed by atoms with Gasteiger partial charge >= 0.3 is 0 Å². The van der Waals surface area contributed by atoms with Gasteiger partial charge in [0.25, 0.3) is 0 Å². The minimum absolute atomic E-state index is 0.138. The van der Waals surface area contributed by atoms with Crippen LogP contribution in [0.4, 0.5) is 0 Å². The summed E-state index contributed by atoms with van der Waals surface area (Å²) in [6.07, 6.45) is 6.73. The number of aliphatic hydroxyl groups excluding tert-OH is 1. The minimum Gasteiger partial charge on any atom is -0.391 e. The highest BCUT2D eigenvalue weighted by Gasteiger charge is 2.20. The van der Waals surface area contributed by atoms with E-state index in [2.05, 4.69) is 5.32 Å². The number of carbonyl (C=O) groups excluding carboxylic acids is 1. The van der Waals surface area contributed by atoms with Crippen molar-refractivity contribution in [2.45, 2.75) is 70.2 Å². The largest absolute Gasteiger partial charge is 0.391 e. The predicted molar refractivity (Wildman–Crippen MR) is 91.2 cm³/mol. The molecular formula is C19H29NO3. The summed E-state index contributed by atoms with van der Waals surface area (Å²) in [4.78, 5) is 12.1. The fourth-order valence-electron chi connectivity index (χ4n) is 3.05. The van der Waals surface area contributed by atoms with Crippen molar-refractivity contribution in [1.29, 1.82) is 0 Å². The fourth-order valence-corrected chi connectivity index (χ4v) is 3.05. The summed E-state index contributed by atoms with van der Waals surface area (Å²) >= 11 is 0. The Hall–Kier alpha value is -1.39. The Morgan fingerprint density at radius 2 is 1.87 bits per heavy atom. The first-order valence-electron chi connectivity index (χ1n) is 8.80. The SMILES string of the molecule is CC(OC1CCCCCC1)C(=O)NCC(O)Cc1ccccc1. The molecule has 23 heavy (non-hydrogen) atoms. The first-order valence-corrected chi connectivity index (χ1v) is 8.80. The topological polar surface area (TPSA) is 58.6 Å². The summed E-state index contributed by atoms with van der Waals surface area (Å²) in [5.74, 6) is -0.138. The lowest BCUT2D eigenvalue weighted by Gasteiger charge is -2.21. The van der Waals surface area contributed by atoms with Gasteiger partial charge in [0.2, 0.25) is 5.91 Å². The molecule has 1 aromatic rings. The molecule has 1 saturated carbocycles. The van der Waals surface area contributed by atoms with Crippen LogP contribution in [0.25, 0.3) is 0 Å². The van der Waals surface area contributed by atoms with E-state index in [1.165, 1.54) is 25.7 Å². The number of amides is 1. The minimum atomic E-state index is -0.577. The Balaban J connectivity index is 1.68. The quantitative estimate of drug-likeness (QED) is 0.760. The van der Waals surface area contributed by atoms with Crippen LogP contribution < -0.4 is 5.32 Å². The smallest absolute Gasteiger partial charge is 0.248 e. The Morgan fingerprint density at radius 3 is 2.52 bits per heavy atom. The molecule has 1 aliphatic rings. The molecule has 0 bridgehead atoms. The Bertz CT molecular complexity index is 455. The number of ether oxygens (including phenoxy) is 1. The van der Waals surface area contributed by atoms with Crippen molar-refractivity contribution in [3.63, 3.8) is 0 Å². The monoisotopic (exact) mass is 319 g/mol. The summed E-state index contributed by atoms with van der Waals surface area (Å²) < 4.78 is 5.89. The molecule has 1 aromatic carbocycles. The van der Waals surface area contributed by atoms with Gasteiger partial charge in [0, 0.05) is 13.0 Å². The third kappa shape index (κ3) is 6.71. The van der Waals surface area contributed by atoms with E-state index in [-0.39, 0.29) is 18.6 Å². The van der Waals surface area contributed by atoms with E-state index in [4.69, 9.17) is 4.74 Å². The lowest BCUT2D eigenvalue weighted by atomic mass is 10.1. The predicted octanol–water partition coefficient (Wildman–Crippen LogP) is 2.83. The molecule has 0 saturated heterocycles. The second kappa shape index (κ2) is 9.68. The summed E-state index contributed by atoms with van der Waals surface area (Å²) in [5, 5.41) is 12.8. The molecule has 2 N–H and O–H groups in total. The van der Waals surface area contributed by atoms with Crippen LogP contribution in [-0.4, -0.2) is 35.9 Å². The number of carbonyl (C=O) groups is 1. The summed E-state index contributed by atoms with van der Waals surface area (Å²) in [5.41, 5.74) is 1.07. The molecule has 2 unspecified atom stereocenters. The molecular weight excluding hydrogens is 290 g/mol. The van der Waals surface area contributed by atoms with E-state index >= 15 is 0 Å². The van der Waals surface area contributed by atoms with E-state index in [9.17, 15) is 9.90 Å². The molecule has 0 spiro atoms. The lowest BCUT2D eigenvalue weighted by Crippen LogP contribution is -2.40. The summed E-state index contributed by atoms with van der Waals surface area (Å²) in [6, 6.07) is 9.79. The maximum absolute atomic E-state index is 12.1. The van der Waals surface area contributed by atoms with E-state index in [0.717, 1.165) is 18.4 Å². The fraction of sp³-hybridized carbons (Fsp3) is 0.632. The highest BCUT2D eigenvalue weighted by Crippen LogP contribution is 2.20. The third-order valence-electron chi connectivity index (χ3n) is 4.39. The van der Waals surface area contributed by atoms with Gasteiger partial charge < -0.3 is 15.2 Å². The maximum atomic E-state index is 12.1. The maximum Gasteiger partial charge on any atom is 0.248 e. The first-order chi connectivity index (χ1) is 11.1. The average Bonchev–Trinajstić information content (AvgIpc) is 2.82. The molecule has 0 heterocycles. The second-order valence-corrected chi connectivity index (χ2v) is 6.48. The highest BCUT2D eigenvalue weighted by atomic mass is 16.5. The number of rotatable bonds is 7. The van der Waals surface area contributed by atoms with Crippen LogP contribution in [-0.2, 0) is 16.0 Å². The van der Waals surface area contributed by atoms with E-state index < -0.39 is 12.2 Å². The zero-order chi connectivity index (χ0) is 16.5. The zero-order valence-electron chi connectivity index (χ0n) is 14.0. The Kier molecular flexibility index (Phi) is 7.56.